The summed E-state index contributed by atoms with van der Waals surface area (Å²) in [5.41, 5.74) is 8.30. The van der Waals surface area contributed by atoms with Crippen LogP contribution in [0.4, 0.5) is 0 Å². The normalized spacial score (nSPS) is 19.9. The minimum atomic E-state index is -0.531. The zero-order valence-corrected chi connectivity index (χ0v) is 12.2. The number of carbonyl (C=O) groups excluding carboxylic acids is 1. The van der Waals surface area contributed by atoms with E-state index in [2.05, 4.69) is 9.88 Å². The first-order chi connectivity index (χ1) is 9.52. The Labute approximate surface area is 118 Å². The molecule has 1 unspecified atom stereocenters. The standard InChI is InChI=1S/C14H21N3O3/c1-9-6-16-11(10(2)13(9)19-3)7-17-4-5-20-12(8-17)14(15)18/h6,12H,4-5,7-8H2,1-3H3,(H2,15,18). The molecule has 1 aliphatic rings. The Bertz CT molecular complexity index is 505. The van der Waals surface area contributed by atoms with Crippen LogP contribution in [0.15, 0.2) is 6.20 Å². The predicted octanol–water partition coefficient (Wildman–Crippen LogP) is 0.393. The number of ether oxygens (including phenoxy) is 2. The van der Waals surface area contributed by atoms with Crippen molar-refractivity contribution in [3.8, 4) is 5.75 Å². The molecule has 6 heteroatoms. The van der Waals surface area contributed by atoms with Crippen molar-refractivity contribution < 1.29 is 14.3 Å². The summed E-state index contributed by atoms with van der Waals surface area (Å²) < 4.78 is 10.7. The van der Waals surface area contributed by atoms with E-state index in [1.165, 1.54) is 0 Å². The van der Waals surface area contributed by atoms with Crippen LogP contribution in [-0.2, 0) is 16.1 Å². The van der Waals surface area contributed by atoms with Crippen molar-refractivity contribution in [3.63, 3.8) is 0 Å². The Morgan fingerprint density at radius 3 is 3.00 bits per heavy atom. The Morgan fingerprint density at radius 2 is 2.35 bits per heavy atom. The first kappa shape index (κ1) is 14.7. The topological polar surface area (TPSA) is 77.7 Å². The van der Waals surface area contributed by atoms with Crippen molar-refractivity contribution in [1.82, 2.24) is 9.88 Å². The molecular formula is C14H21N3O3. The van der Waals surface area contributed by atoms with Gasteiger partial charge in [0.1, 0.15) is 11.9 Å². The van der Waals surface area contributed by atoms with E-state index in [-0.39, 0.29) is 0 Å². The zero-order chi connectivity index (χ0) is 14.7. The predicted molar refractivity (Wildman–Crippen MR) is 74.5 cm³/mol. The third-order valence-corrected chi connectivity index (χ3v) is 3.59. The quantitative estimate of drug-likeness (QED) is 0.863. The Hall–Kier alpha value is -1.66. The minimum Gasteiger partial charge on any atom is -0.496 e. The van der Waals surface area contributed by atoms with Gasteiger partial charge >= 0.3 is 0 Å². The molecule has 0 saturated carbocycles. The molecule has 2 rings (SSSR count). The van der Waals surface area contributed by atoms with Gasteiger partial charge < -0.3 is 15.2 Å². The van der Waals surface area contributed by atoms with Gasteiger partial charge in [0, 0.05) is 37.0 Å². The van der Waals surface area contributed by atoms with Crippen LogP contribution in [0.1, 0.15) is 16.8 Å². The van der Waals surface area contributed by atoms with E-state index in [1.54, 1.807) is 7.11 Å². The molecule has 0 aromatic carbocycles. The van der Waals surface area contributed by atoms with E-state index in [0.717, 1.165) is 29.1 Å². The first-order valence-electron chi connectivity index (χ1n) is 6.65. The van der Waals surface area contributed by atoms with Gasteiger partial charge in [-0.1, -0.05) is 0 Å². The summed E-state index contributed by atoms with van der Waals surface area (Å²) in [7, 11) is 1.66. The fourth-order valence-corrected chi connectivity index (χ4v) is 2.46. The van der Waals surface area contributed by atoms with Crippen molar-refractivity contribution >= 4 is 5.91 Å². The number of aryl methyl sites for hydroxylation is 1. The second kappa shape index (κ2) is 6.19. The van der Waals surface area contributed by atoms with Crippen LogP contribution in [0, 0.1) is 13.8 Å². The highest BCUT2D eigenvalue weighted by atomic mass is 16.5. The summed E-state index contributed by atoms with van der Waals surface area (Å²) >= 11 is 0. The number of nitrogens with zero attached hydrogens (tertiary/aromatic N) is 2. The molecule has 1 aromatic rings. The number of pyridine rings is 1. The number of hydrogen-bond donors (Lipinski definition) is 1. The lowest BCUT2D eigenvalue weighted by Crippen LogP contribution is -2.48. The zero-order valence-electron chi connectivity index (χ0n) is 12.2. The summed E-state index contributed by atoms with van der Waals surface area (Å²) in [5, 5.41) is 0. The van der Waals surface area contributed by atoms with Crippen molar-refractivity contribution in [1.29, 1.82) is 0 Å². The highest BCUT2D eigenvalue weighted by molar-refractivity contribution is 5.79. The number of carbonyl (C=O) groups is 1. The molecule has 1 aliphatic heterocycles. The highest BCUT2D eigenvalue weighted by Crippen LogP contribution is 2.25. The third kappa shape index (κ3) is 3.08. The van der Waals surface area contributed by atoms with E-state index in [9.17, 15) is 4.79 Å². The summed E-state index contributed by atoms with van der Waals surface area (Å²) in [4.78, 5) is 17.8. The first-order valence-corrected chi connectivity index (χ1v) is 6.65. The van der Waals surface area contributed by atoms with E-state index in [0.29, 0.717) is 19.7 Å². The molecule has 1 saturated heterocycles. The smallest absolute Gasteiger partial charge is 0.247 e. The highest BCUT2D eigenvalue weighted by Gasteiger charge is 2.25. The molecule has 2 N–H and O–H groups in total. The number of primary amides is 1. The summed E-state index contributed by atoms with van der Waals surface area (Å²) in [6, 6.07) is 0. The maximum Gasteiger partial charge on any atom is 0.247 e. The SMILES string of the molecule is COc1c(C)cnc(CN2CCOC(C(N)=O)C2)c1C. The van der Waals surface area contributed by atoms with Crippen molar-refractivity contribution in [2.75, 3.05) is 26.8 Å². The number of morpholine rings is 1. The third-order valence-electron chi connectivity index (χ3n) is 3.59. The van der Waals surface area contributed by atoms with Crippen molar-refractivity contribution in [3.05, 3.63) is 23.0 Å². The monoisotopic (exact) mass is 279 g/mol. The average molecular weight is 279 g/mol. The molecule has 1 amide bonds. The van der Waals surface area contributed by atoms with Gasteiger partial charge in [0.05, 0.1) is 19.4 Å². The maximum atomic E-state index is 11.2. The lowest BCUT2D eigenvalue weighted by molar-refractivity contribution is -0.135. The van der Waals surface area contributed by atoms with Crippen LogP contribution < -0.4 is 10.5 Å². The lowest BCUT2D eigenvalue weighted by Gasteiger charge is -2.31. The van der Waals surface area contributed by atoms with Gasteiger partial charge in [0.15, 0.2) is 0 Å². The van der Waals surface area contributed by atoms with E-state index in [1.807, 2.05) is 20.0 Å². The Kier molecular flexibility index (Phi) is 4.57. The molecule has 1 aromatic heterocycles. The minimum absolute atomic E-state index is 0.416. The average Bonchev–Trinajstić information content (AvgIpc) is 2.43. The van der Waals surface area contributed by atoms with Gasteiger partial charge in [-0.2, -0.15) is 0 Å². The van der Waals surface area contributed by atoms with Gasteiger partial charge in [-0.15, -0.1) is 0 Å². The number of rotatable bonds is 4. The molecule has 2 heterocycles. The number of amides is 1. The van der Waals surface area contributed by atoms with Crippen LogP contribution in [0.2, 0.25) is 0 Å². The molecule has 20 heavy (non-hydrogen) atoms. The summed E-state index contributed by atoms with van der Waals surface area (Å²) in [6.45, 7) is 6.42. The molecule has 1 fully saturated rings. The fraction of sp³-hybridized carbons (Fsp3) is 0.571. The lowest BCUT2D eigenvalue weighted by atomic mass is 10.1. The maximum absolute atomic E-state index is 11.2. The molecule has 6 nitrogen and oxygen atoms in total. The molecule has 0 radical (unpaired) electrons. The molecule has 0 aliphatic carbocycles. The number of aromatic nitrogens is 1. The van der Waals surface area contributed by atoms with Gasteiger partial charge in [-0.05, 0) is 13.8 Å². The van der Waals surface area contributed by atoms with Crippen LogP contribution in [-0.4, -0.2) is 48.7 Å². The van der Waals surface area contributed by atoms with Gasteiger partial charge in [0.25, 0.3) is 0 Å². The van der Waals surface area contributed by atoms with Crippen LogP contribution in [0.5, 0.6) is 5.75 Å². The van der Waals surface area contributed by atoms with Gasteiger partial charge in [-0.25, -0.2) is 0 Å². The largest absolute Gasteiger partial charge is 0.496 e. The molecule has 1 atom stereocenters. The fourth-order valence-electron chi connectivity index (χ4n) is 2.46. The van der Waals surface area contributed by atoms with Crippen LogP contribution in [0.25, 0.3) is 0 Å². The molecular weight excluding hydrogens is 258 g/mol. The van der Waals surface area contributed by atoms with Crippen LogP contribution >= 0.6 is 0 Å². The van der Waals surface area contributed by atoms with Crippen LogP contribution in [0.3, 0.4) is 0 Å². The summed E-state index contributed by atoms with van der Waals surface area (Å²) in [6.07, 6.45) is 1.28. The summed E-state index contributed by atoms with van der Waals surface area (Å²) in [5.74, 6) is 0.454. The second-order valence-electron chi connectivity index (χ2n) is 5.04. The molecule has 0 spiro atoms. The molecule has 110 valence electrons. The van der Waals surface area contributed by atoms with Crippen molar-refractivity contribution in [2.45, 2.75) is 26.5 Å². The molecule has 0 bridgehead atoms. The number of nitrogens with two attached hydrogens (primary N) is 1. The van der Waals surface area contributed by atoms with E-state index < -0.39 is 12.0 Å². The van der Waals surface area contributed by atoms with Crippen molar-refractivity contribution in [2.24, 2.45) is 5.73 Å². The van der Waals surface area contributed by atoms with Gasteiger partial charge in [-0.3, -0.25) is 14.7 Å². The second-order valence-corrected chi connectivity index (χ2v) is 5.04. The Morgan fingerprint density at radius 1 is 1.60 bits per heavy atom. The van der Waals surface area contributed by atoms with E-state index >= 15 is 0 Å². The van der Waals surface area contributed by atoms with E-state index in [4.69, 9.17) is 15.2 Å². The number of methoxy groups -OCH3 is 1. The Balaban J connectivity index is 2.12. The van der Waals surface area contributed by atoms with Gasteiger partial charge in [0.2, 0.25) is 5.91 Å². The number of hydrogen-bond acceptors (Lipinski definition) is 5.